The van der Waals surface area contributed by atoms with Gasteiger partial charge in [-0.3, -0.25) is 0 Å². The van der Waals surface area contributed by atoms with Gasteiger partial charge in [-0.2, -0.15) is 4.31 Å². The topological polar surface area (TPSA) is 155 Å². The molecule has 5 atom stereocenters. The molecule has 1 aromatic heterocycles. The van der Waals surface area contributed by atoms with E-state index in [4.69, 9.17) is 29.8 Å². The molecule has 1 amide bonds. The number of carbonyl (C=O) groups excluding carboxylic acids is 1. The number of benzene rings is 2. The first kappa shape index (κ1) is 33.0. The molecule has 3 aliphatic heterocycles. The largest absolute Gasteiger partial charge is 0.487 e. The number of hydrogen-bond acceptors (Lipinski definition) is 12. The average molecular weight is 705 g/mol. The second kappa shape index (κ2) is 15.0. The van der Waals surface area contributed by atoms with Crippen molar-refractivity contribution in [1.29, 1.82) is 0 Å². The molecule has 3 aliphatic rings. The van der Waals surface area contributed by atoms with Gasteiger partial charge in [0, 0.05) is 24.5 Å². The van der Waals surface area contributed by atoms with Gasteiger partial charge in [-0.15, -0.1) is 11.3 Å². The highest BCUT2D eigenvalue weighted by Gasteiger charge is 2.44. The van der Waals surface area contributed by atoms with Crippen LogP contribution in [0.1, 0.15) is 37.9 Å². The fraction of sp³-hybridized carbons (Fsp3) is 0.515. The van der Waals surface area contributed by atoms with Crippen molar-refractivity contribution in [1.82, 2.24) is 14.6 Å². The Labute approximate surface area is 285 Å². The third-order valence-corrected chi connectivity index (χ3v) is 10.9. The minimum absolute atomic E-state index is 0.00214. The van der Waals surface area contributed by atoms with E-state index in [0.717, 1.165) is 15.0 Å². The number of aromatic nitrogens is 1. The molecule has 13 nitrogen and oxygen atoms in total. The highest BCUT2D eigenvalue weighted by atomic mass is 32.2. The van der Waals surface area contributed by atoms with Gasteiger partial charge in [-0.1, -0.05) is 26.0 Å². The fourth-order valence-corrected chi connectivity index (χ4v) is 8.02. The number of sulfonamides is 1. The van der Waals surface area contributed by atoms with Gasteiger partial charge in [-0.05, 0) is 55.5 Å². The zero-order valence-corrected chi connectivity index (χ0v) is 28.6. The molecule has 48 heavy (non-hydrogen) atoms. The number of hydrogen-bond donors (Lipinski definition) is 2. The van der Waals surface area contributed by atoms with Gasteiger partial charge in [0.1, 0.15) is 18.5 Å². The summed E-state index contributed by atoms with van der Waals surface area (Å²) in [5.41, 5.74) is 1.48. The zero-order chi connectivity index (χ0) is 34.8. The molecule has 3 aromatic rings. The Kier molecular flexibility index (Phi) is 10.3. The molecule has 260 valence electrons. The normalized spacial score (nSPS) is 22.3. The van der Waals surface area contributed by atoms with Crippen molar-refractivity contribution in [3.63, 3.8) is 0 Å². The Bertz CT molecular complexity index is 1720. The maximum absolute atomic E-state index is 14.0. The highest BCUT2D eigenvalue weighted by Crippen LogP contribution is 2.35. The van der Waals surface area contributed by atoms with Crippen LogP contribution in [0, 0.1) is 18.8 Å². The minimum Gasteiger partial charge on any atom is -0.487 e. The lowest BCUT2D eigenvalue weighted by Gasteiger charge is -2.31. The van der Waals surface area contributed by atoms with Gasteiger partial charge >= 0.3 is 6.09 Å². The maximum atomic E-state index is 14.0. The van der Waals surface area contributed by atoms with E-state index in [2.05, 4.69) is 10.3 Å². The lowest BCUT2D eigenvalue weighted by atomic mass is 10.0. The van der Waals surface area contributed by atoms with Gasteiger partial charge in [0.15, 0.2) is 17.8 Å². The molecule has 0 radical (unpaired) electrons. The fourth-order valence-electron chi connectivity index (χ4n) is 5.83. The number of aliphatic hydroxyl groups is 1. The molecule has 0 unspecified atom stereocenters. The molecule has 0 aliphatic carbocycles. The smallest absolute Gasteiger partial charge is 0.407 e. The van der Waals surface area contributed by atoms with Crippen molar-refractivity contribution in [3.8, 4) is 17.2 Å². The number of carbonyl (C=O) groups is 1. The summed E-state index contributed by atoms with van der Waals surface area (Å²) in [5.74, 6) is 1.03. The first-order valence-corrected chi connectivity index (χ1v) is 18.1. The van der Waals surface area contributed by atoms with Crippen LogP contribution in [-0.4, -0.2) is 86.5 Å². The van der Waals surface area contributed by atoms with Crippen molar-refractivity contribution < 1.29 is 48.1 Å². The first-order valence-electron chi connectivity index (χ1n) is 16.3. The zero-order valence-electron chi connectivity index (χ0n) is 28.0. The summed E-state index contributed by atoms with van der Waals surface area (Å²) in [6, 6.07) is 10.0. The number of rotatable bonds is 14. The quantitative estimate of drug-likeness (QED) is 0.251. The van der Waals surface area contributed by atoms with Gasteiger partial charge in [-0.25, -0.2) is 18.2 Å². The summed E-state index contributed by atoms with van der Waals surface area (Å²) in [7, 11) is -4.23. The number of nitrogens with one attached hydrogen (secondary N) is 1. The van der Waals surface area contributed by atoms with E-state index in [9.17, 15) is 18.3 Å². The monoisotopic (exact) mass is 704 g/mol. The third kappa shape index (κ3) is 8.21. The first-order chi connectivity index (χ1) is 23.4. The Morgan fingerprint density at radius 2 is 1.96 bits per heavy atom. The van der Waals surface area contributed by atoms with Crippen molar-refractivity contribution in [2.75, 3.05) is 33.1 Å². The Hall–Kier alpha value is -3.47. The van der Waals surface area contributed by atoms with E-state index >= 15 is 0 Å². The third-order valence-electron chi connectivity index (χ3n) is 8.24. The van der Waals surface area contributed by atoms with Gasteiger partial charge in [0.2, 0.25) is 16.8 Å². The van der Waals surface area contributed by atoms with E-state index in [1.165, 1.54) is 29.5 Å². The molecular formula is C33H41N3O10S2. The maximum Gasteiger partial charge on any atom is 0.407 e. The molecule has 0 saturated carbocycles. The van der Waals surface area contributed by atoms with Crippen molar-refractivity contribution >= 4 is 27.5 Å². The summed E-state index contributed by atoms with van der Waals surface area (Å²) < 4.78 is 71.5. The second-order valence-electron chi connectivity index (χ2n) is 12.4. The van der Waals surface area contributed by atoms with E-state index in [-0.39, 0.29) is 48.8 Å². The molecule has 2 saturated heterocycles. The van der Waals surface area contributed by atoms with E-state index < -0.39 is 47.2 Å². The summed E-state index contributed by atoms with van der Waals surface area (Å²) in [6.45, 7) is 5.89. The molecule has 2 aromatic carbocycles. The second-order valence-corrected chi connectivity index (χ2v) is 15.4. The van der Waals surface area contributed by atoms with Gasteiger partial charge in [0.25, 0.3) is 0 Å². The molecule has 0 spiro atoms. The summed E-state index contributed by atoms with van der Waals surface area (Å²) in [4.78, 5) is 17.6. The van der Waals surface area contributed by atoms with Crippen molar-refractivity contribution in [3.05, 3.63) is 64.1 Å². The number of alkyl carbamates (subject to hydrolysis) is 1. The van der Waals surface area contributed by atoms with Crippen LogP contribution in [0.15, 0.2) is 52.7 Å². The summed E-state index contributed by atoms with van der Waals surface area (Å²) in [6.07, 6.45) is -3.70. The molecular weight excluding hydrogens is 663 g/mol. The number of thiazole rings is 1. The number of nitrogens with zero attached hydrogens (tertiary/aromatic N) is 2. The van der Waals surface area contributed by atoms with E-state index in [1.54, 1.807) is 24.3 Å². The molecule has 2 N–H and O–H groups in total. The van der Waals surface area contributed by atoms with Crippen LogP contribution >= 0.6 is 11.3 Å². The van der Waals surface area contributed by atoms with E-state index in [0.29, 0.717) is 36.7 Å². The highest BCUT2D eigenvalue weighted by molar-refractivity contribution is 7.89. The summed E-state index contributed by atoms with van der Waals surface area (Å²) >= 11 is 1.54. The number of amides is 1. The van der Waals surface area contributed by atoms with Crippen molar-refractivity contribution in [2.45, 2.75) is 69.6 Å². The Morgan fingerprint density at radius 3 is 2.71 bits per heavy atom. The lowest BCUT2D eigenvalue weighted by Crippen LogP contribution is -2.51. The SMILES string of the molecule is [2H][C@](O)(CN(CC(C)C)S(=O)(=O)c1ccc2c(c1)OCO2)[C@H](Cc1ccc(OCc2csc(C)n2)cc1)NC(=O)O[C@H]1CO[C@H]2OCC[C@H]21. The average Bonchev–Trinajstić information content (AvgIpc) is 3.86. The molecule has 0 bridgehead atoms. The Balaban J connectivity index is 1.21. The molecule has 4 heterocycles. The Morgan fingerprint density at radius 1 is 1.17 bits per heavy atom. The van der Waals surface area contributed by atoms with Crippen LogP contribution in [0.25, 0.3) is 0 Å². The summed E-state index contributed by atoms with van der Waals surface area (Å²) in [5, 5.41) is 17.3. The van der Waals surface area contributed by atoms with Crippen LogP contribution < -0.4 is 19.5 Å². The van der Waals surface area contributed by atoms with E-state index in [1.807, 2.05) is 26.2 Å². The van der Waals surface area contributed by atoms with Gasteiger partial charge in [0.05, 0.1) is 48.2 Å². The number of ether oxygens (including phenoxy) is 6. The number of aryl methyl sites for hydroxylation is 1. The minimum atomic E-state index is -4.23. The predicted octanol–water partition coefficient (Wildman–Crippen LogP) is 3.87. The molecule has 15 heteroatoms. The predicted molar refractivity (Wildman–Crippen MR) is 174 cm³/mol. The van der Waals surface area contributed by atoms with Crippen LogP contribution in [-0.2, 0) is 37.3 Å². The van der Waals surface area contributed by atoms with Crippen LogP contribution in [0.2, 0.25) is 0 Å². The van der Waals surface area contributed by atoms with Gasteiger partial charge < -0.3 is 38.8 Å². The lowest BCUT2D eigenvalue weighted by molar-refractivity contribution is -0.0907. The van der Waals surface area contributed by atoms with Crippen molar-refractivity contribution in [2.24, 2.45) is 11.8 Å². The standard InChI is InChI=1S/C33H41N3O10S2/c1-20(2)14-36(48(39,40)25-8-9-29-30(13-25)45-19-44-29)15-28(37)27(35-33(38)46-31-17-43-32-26(31)10-11-41-32)12-22-4-6-24(7-5-22)42-16-23-18-47-21(3)34-23/h4-9,13,18,20,26-28,31-32,37H,10-12,14-17,19H2,1-3H3,(H,35,38)/t26-,27-,28-,31-,32+/m0/s1/i28D. The molecule has 6 rings (SSSR count). The molecule has 2 fully saturated rings. The number of fused-ring (bicyclic) bond motifs is 2. The van der Waals surface area contributed by atoms with Crippen LogP contribution in [0.3, 0.4) is 0 Å². The van der Waals surface area contributed by atoms with Crippen LogP contribution in [0.4, 0.5) is 4.79 Å². The van der Waals surface area contributed by atoms with Crippen LogP contribution in [0.5, 0.6) is 17.2 Å².